The lowest BCUT2D eigenvalue weighted by Crippen LogP contribution is -2.28. The van der Waals surface area contributed by atoms with Crippen LogP contribution in [0.1, 0.15) is 12.0 Å². The molecule has 1 atom stereocenters. The number of benzene rings is 1. The maximum Gasteiger partial charge on any atom is 0.310 e. The summed E-state index contributed by atoms with van der Waals surface area (Å²) in [6.45, 7) is 0.624. The van der Waals surface area contributed by atoms with Crippen molar-refractivity contribution in [1.29, 1.82) is 0 Å². The Labute approximate surface area is 115 Å². The first-order chi connectivity index (χ1) is 9.49. The predicted octanol–water partition coefficient (Wildman–Crippen LogP) is 1.53. The average Bonchev–Trinajstić information content (AvgIpc) is 2.76. The number of amides is 1. The van der Waals surface area contributed by atoms with Crippen molar-refractivity contribution in [2.45, 2.75) is 12.8 Å². The molecule has 1 fully saturated rings. The third kappa shape index (κ3) is 3.31. The molecule has 0 N–H and O–H groups in total. The van der Waals surface area contributed by atoms with Crippen molar-refractivity contribution in [2.24, 2.45) is 5.92 Å². The standard InChI is InChI=1S/C14H15F2NO3/c1-20-14(19)10-6-13(18)17(8-10)3-2-9-4-11(15)7-12(16)5-9/h4-5,7,10H,2-3,6,8H2,1H3. The number of carbonyl (C=O) groups excluding carboxylic acids is 2. The van der Waals surface area contributed by atoms with Crippen LogP contribution in [0.2, 0.25) is 0 Å². The van der Waals surface area contributed by atoms with E-state index in [0.29, 0.717) is 25.1 Å². The zero-order chi connectivity index (χ0) is 14.7. The fourth-order valence-corrected chi connectivity index (χ4v) is 2.33. The number of likely N-dealkylation sites (tertiary alicyclic amines) is 1. The molecule has 0 saturated carbocycles. The van der Waals surface area contributed by atoms with Crippen molar-refractivity contribution in [2.75, 3.05) is 20.2 Å². The Balaban J connectivity index is 1.94. The van der Waals surface area contributed by atoms with Gasteiger partial charge in [0, 0.05) is 25.6 Å². The van der Waals surface area contributed by atoms with Crippen LogP contribution in [0.25, 0.3) is 0 Å². The third-order valence-corrected chi connectivity index (χ3v) is 3.34. The summed E-state index contributed by atoms with van der Waals surface area (Å²) in [4.78, 5) is 24.6. The number of ether oxygens (including phenoxy) is 1. The van der Waals surface area contributed by atoms with Gasteiger partial charge in [-0.25, -0.2) is 8.78 Å². The van der Waals surface area contributed by atoms with Gasteiger partial charge in [0.1, 0.15) is 11.6 Å². The highest BCUT2D eigenvalue weighted by Gasteiger charge is 2.34. The lowest BCUT2D eigenvalue weighted by Gasteiger charge is -2.16. The summed E-state index contributed by atoms with van der Waals surface area (Å²) in [5.74, 6) is -2.27. The number of halogens is 2. The highest BCUT2D eigenvalue weighted by atomic mass is 19.1. The molecule has 4 nitrogen and oxygen atoms in total. The molecule has 1 aromatic rings. The van der Waals surface area contributed by atoms with Crippen molar-refractivity contribution in [3.63, 3.8) is 0 Å². The normalized spacial score (nSPS) is 18.4. The van der Waals surface area contributed by atoms with Gasteiger partial charge < -0.3 is 9.64 Å². The highest BCUT2D eigenvalue weighted by Crippen LogP contribution is 2.19. The van der Waals surface area contributed by atoms with Gasteiger partial charge in [-0.15, -0.1) is 0 Å². The Kier molecular flexibility index (Phi) is 4.32. The SMILES string of the molecule is COC(=O)C1CC(=O)N(CCc2cc(F)cc(F)c2)C1. The Bertz CT molecular complexity index is 513. The van der Waals surface area contributed by atoms with Crippen molar-refractivity contribution >= 4 is 11.9 Å². The summed E-state index contributed by atoms with van der Waals surface area (Å²) < 4.78 is 30.7. The lowest BCUT2D eigenvalue weighted by atomic mass is 10.1. The Morgan fingerprint density at radius 1 is 1.35 bits per heavy atom. The van der Waals surface area contributed by atoms with Gasteiger partial charge in [0.2, 0.25) is 5.91 Å². The van der Waals surface area contributed by atoms with Crippen LogP contribution in [0.5, 0.6) is 0 Å². The molecule has 0 radical (unpaired) electrons. The van der Waals surface area contributed by atoms with E-state index in [1.807, 2.05) is 0 Å². The average molecular weight is 283 g/mol. The highest BCUT2D eigenvalue weighted by molar-refractivity contribution is 5.86. The molecule has 20 heavy (non-hydrogen) atoms. The van der Waals surface area contributed by atoms with Gasteiger partial charge >= 0.3 is 5.97 Å². The predicted molar refractivity (Wildman–Crippen MR) is 66.8 cm³/mol. The van der Waals surface area contributed by atoms with Gasteiger partial charge in [-0.2, -0.15) is 0 Å². The zero-order valence-corrected chi connectivity index (χ0v) is 11.1. The summed E-state index contributed by atoms with van der Waals surface area (Å²) >= 11 is 0. The molecule has 1 amide bonds. The second-order valence-electron chi connectivity index (χ2n) is 4.79. The fourth-order valence-electron chi connectivity index (χ4n) is 2.33. The number of esters is 1. The van der Waals surface area contributed by atoms with E-state index in [9.17, 15) is 18.4 Å². The molecule has 2 rings (SSSR count). The zero-order valence-electron chi connectivity index (χ0n) is 11.1. The van der Waals surface area contributed by atoms with E-state index in [-0.39, 0.29) is 12.3 Å². The quantitative estimate of drug-likeness (QED) is 0.787. The summed E-state index contributed by atoms with van der Waals surface area (Å²) in [7, 11) is 1.28. The minimum absolute atomic E-state index is 0.129. The van der Waals surface area contributed by atoms with Crippen LogP contribution < -0.4 is 0 Å². The van der Waals surface area contributed by atoms with E-state index in [2.05, 4.69) is 4.74 Å². The number of hydrogen-bond donors (Lipinski definition) is 0. The van der Waals surface area contributed by atoms with E-state index in [1.54, 1.807) is 0 Å². The van der Waals surface area contributed by atoms with Crippen LogP contribution in [0, 0.1) is 17.6 Å². The first-order valence-corrected chi connectivity index (χ1v) is 6.30. The number of hydrogen-bond acceptors (Lipinski definition) is 3. The minimum Gasteiger partial charge on any atom is -0.469 e. The van der Waals surface area contributed by atoms with Gasteiger partial charge in [-0.3, -0.25) is 9.59 Å². The lowest BCUT2D eigenvalue weighted by molar-refractivity contribution is -0.145. The van der Waals surface area contributed by atoms with Crippen LogP contribution >= 0.6 is 0 Å². The molecule has 0 aliphatic carbocycles. The second-order valence-corrected chi connectivity index (χ2v) is 4.79. The van der Waals surface area contributed by atoms with Gasteiger partial charge in [0.15, 0.2) is 0 Å². The van der Waals surface area contributed by atoms with E-state index < -0.39 is 23.5 Å². The van der Waals surface area contributed by atoms with Crippen LogP contribution in [0.15, 0.2) is 18.2 Å². The van der Waals surface area contributed by atoms with Gasteiger partial charge in [-0.05, 0) is 24.1 Å². The molecule has 1 unspecified atom stereocenters. The first-order valence-electron chi connectivity index (χ1n) is 6.30. The smallest absolute Gasteiger partial charge is 0.310 e. The third-order valence-electron chi connectivity index (χ3n) is 3.34. The van der Waals surface area contributed by atoms with Crippen molar-refractivity contribution in [3.8, 4) is 0 Å². The van der Waals surface area contributed by atoms with E-state index >= 15 is 0 Å². The Morgan fingerprint density at radius 3 is 2.60 bits per heavy atom. The second kappa shape index (κ2) is 5.98. The minimum atomic E-state index is -0.639. The molecule has 1 aromatic carbocycles. The monoisotopic (exact) mass is 283 g/mol. The topological polar surface area (TPSA) is 46.6 Å². The number of methoxy groups -OCH3 is 1. The van der Waals surface area contributed by atoms with Crippen molar-refractivity contribution in [3.05, 3.63) is 35.4 Å². The molecule has 108 valence electrons. The Morgan fingerprint density at radius 2 is 2.00 bits per heavy atom. The number of rotatable bonds is 4. The summed E-state index contributed by atoms with van der Waals surface area (Å²) in [5, 5.41) is 0. The molecule has 0 aromatic heterocycles. The summed E-state index contributed by atoms with van der Waals surface area (Å²) in [5.41, 5.74) is 0.483. The number of nitrogens with zero attached hydrogens (tertiary/aromatic N) is 1. The van der Waals surface area contributed by atoms with Gasteiger partial charge in [-0.1, -0.05) is 0 Å². The van der Waals surface area contributed by atoms with Crippen LogP contribution in [-0.4, -0.2) is 37.0 Å². The summed E-state index contributed by atoms with van der Waals surface area (Å²) in [6.07, 6.45) is 0.471. The largest absolute Gasteiger partial charge is 0.469 e. The van der Waals surface area contributed by atoms with Gasteiger partial charge in [0.25, 0.3) is 0 Å². The van der Waals surface area contributed by atoms with Gasteiger partial charge in [0.05, 0.1) is 13.0 Å². The van der Waals surface area contributed by atoms with Crippen LogP contribution in [0.4, 0.5) is 8.78 Å². The molecule has 0 spiro atoms. The van der Waals surface area contributed by atoms with Crippen molar-refractivity contribution < 1.29 is 23.1 Å². The molecule has 1 aliphatic heterocycles. The molecule has 6 heteroatoms. The molecule has 1 heterocycles. The Hall–Kier alpha value is -1.98. The first kappa shape index (κ1) is 14.4. The molecule has 1 aliphatic rings. The molecule has 0 bridgehead atoms. The molecular weight excluding hydrogens is 268 g/mol. The van der Waals surface area contributed by atoms with E-state index in [0.717, 1.165) is 6.07 Å². The van der Waals surface area contributed by atoms with E-state index in [4.69, 9.17) is 0 Å². The number of carbonyl (C=O) groups is 2. The van der Waals surface area contributed by atoms with Crippen molar-refractivity contribution in [1.82, 2.24) is 4.90 Å². The summed E-state index contributed by atoms with van der Waals surface area (Å²) in [6, 6.07) is 3.28. The molecular formula is C14H15F2NO3. The molecule has 1 saturated heterocycles. The van der Waals surface area contributed by atoms with Crippen LogP contribution in [-0.2, 0) is 20.7 Å². The maximum atomic E-state index is 13.0. The maximum absolute atomic E-state index is 13.0. The fraction of sp³-hybridized carbons (Fsp3) is 0.429. The van der Waals surface area contributed by atoms with Crippen LogP contribution in [0.3, 0.4) is 0 Å². The van der Waals surface area contributed by atoms with E-state index in [1.165, 1.54) is 24.1 Å².